The summed E-state index contributed by atoms with van der Waals surface area (Å²) in [6.07, 6.45) is 5.35. The lowest BCUT2D eigenvalue weighted by molar-refractivity contribution is 1.59. The van der Waals surface area contributed by atoms with E-state index in [2.05, 4.69) is 5.92 Å². The van der Waals surface area contributed by atoms with Crippen molar-refractivity contribution in [2.24, 2.45) is 0 Å². The smallest absolute Gasteiger partial charge is 0.0484 e. The number of hydrogen-bond donors (Lipinski definition) is 0. The van der Waals surface area contributed by atoms with Gasteiger partial charge in [-0.2, -0.15) is 0 Å². The van der Waals surface area contributed by atoms with E-state index in [9.17, 15) is 0 Å². The Balaban J connectivity index is 2.55. The molecule has 0 spiro atoms. The third-order valence-corrected chi connectivity index (χ3v) is 2.54. The van der Waals surface area contributed by atoms with Gasteiger partial charge in [-0.05, 0) is 23.8 Å². The van der Waals surface area contributed by atoms with Crippen molar-refractivity contribution in [2.45, 2.75) is 0 Å². The van der Waals surface area contributed by atoms with Crippen molar-refractivity contribution in [3.63, 3.8) is 0 Å². The molecule has 0 heterocycles. The van der Waals surface area contributed by atoms with Gasteiger partial charge in [-0.15, -0.1) is 6.42 Å². The van der Waals surface area contributed by atoms with E-state index in [0.717, 1.165) is 21.7 Å². The van der Waals surface area contributed by atoms with E-state index in [1.807, 2.05) is 48.5 Å². The molecule has 0 fully saturated rings. The Labute approximate surface area is 94.5 Å². The van der Waals surface area contributed by atoms with Crippen molar-refractivity contribution < 1.29 is 0 Å². The van der Waals surface area contributed by atoms with Gasteiger partial charge in [0, 0.05) is 16.1 Å². The van der Waals surface area contributed by atoms with Crippen LogP contribution in [0.4, 0.5) is 0 Å². The van der Waals surface area contributed by atoms with Crippen LogP contribution in [0, 0.1) is 12.3 Å². The Kier molecular flexibility index (Phi) is 2.76. The molecule has 0 aliphatic heterocycles. The molecular weight excluding hydrogens is 204 g/mol. The van der Waals surface area contributed by atoms with Crippen LogP contribution in [0.25, 0.3) is 11.1 Å². The summed E-state index contributed by atoms with van der Waals surface area (Å²) >= 11 is 6.10. The van der Waals surface area contributed by atoms with Crippen molar-refractivity contribution >= 4 is 11.6 Å². The largest absolute Gasteiger partial charge is 0.115 e. The fourth-order valence-corrected chi connectivity index (χ4v) is 1.72. The zero-order valence-electron chi connectivity index (χ0n) is 8.07. The number of benzene rings is 2. The Bertz CT molecular complexity index is 521. The second kappa shape index (κ2) is 4.21. The highest BCUT2D eigenvalue weighted by Gasteiger charge is 2.01. The molecule has 0 N–H and O–H groups in total. The molecule has 0 amide bonds. The first-order valence-electron chi connectivity index (χ1n) is 4.63. The van der Waals surface area contributed by atoms with Gasteiger partial charge in [0.1, 0.15) is 0 Å². The van der Waals surface area contributed by atoms with Crippen molar-refractivity contribution in [3.8, 4) is 23.5 Å². The summed E-state index contributed by atoms with van der Waals surface area (Å²) in [7, 11) is 0. The van der Waals surface area contributed by atoms with Crippen LogP contribution in [-0.2, 0) is 0 Å². The number of terminal acetylenes is 1. The molecule has 0 atom stereocenters. The number of halogens is 1. The molecule has 15 heavy (non-hydrogen) atoms. The molecule has 72 valence electrons. The fraction of sp³-hybridized carbons (Fsp3) is 0. The summed E-state index contributed by atoms with van der Waals surface area (Å²) in [5.41, 5.74) is 2.93. The second-order valence-corrected chi connectivity index (χ2v) is 3.61. The lowest BCUT2D eigenvalue weighted by Crippen LogP contribution is -1.80. The molecule has 0 nitrogen and oxygen atoms in total. The van der Waals surface area contributed by atoms with Crippen molar-refractivity contribution in [3.05, 3.63) is 59.1 Å². The highest BCUT2D eigenvalue weighted by atomic mass is 35.5. The summed E-state index contributed by atoms with van der Waals surface area (Å²) in [5, 5.41) is 0.742. The predicted octanol–water partition coefficient (Wildman–Crippen LogP) is 3.99. The summed E-state index contributed by atoms with van der Waals surface area (Å²) < 4.78 is 0. The van der Waals surface area contributed by atoms with E-state index in [4.69, 9.17) is 18.0 Å². The minimum atomic E-state index is 0.742. The van der Waals surface area contributed by atoms with E-state index in [-0.39, 0.29) is 0 Å². The van der Waals surface area contributed by atoms with E-state index in [0.29, 0.717) is 0 Å². The summed E-state index contributed by atoms with van der Waals surface area (Å²) in [6.45, 7) is 0. The molecule has 0 unspecified atom stereocenters. The van der Waals surface area contributed by atoms with Crippen LogP contribution < -0.4 is 0 Å². The topological polar surface area (TPSA) is 0 Å². The third-order valence-electron chi connectivity index (χ3n) is 2.21. The van der Waals surface area contributed by atoms with Crippen LogP contribution in [0.15, 0.2) is 48.5 Å². The van der Waals surface area contributed by atoms with E-state index in [1.165, 1.54) is 0 Å². The number of rotatable bonds is 1. The Morgan fingerprint density at radius 2 is 1.80 bits per heavy atom. The monoisotopic (exact) mass is 212 g/mol. The average molecular weight is 213 g/mol. The van der Waals surface area contributed by atoms with E-state index < -0.39 is 0 Å². The molecule has 2 aromatic rings. The summed E-state index contributed by atoms with van der Waals surface area (Å²) in [5.74, 6) is 2.61. The molecule has 0 bridgehead atoms. The maximum Gasteiger partial charge on any atom is 0.0484 e. The van der Waals surface area contributed by atoms with Gasteiger partial charge >= 0.3 is 0 Å². The van der Waals surface area contributed by atoms with E-state index in [1.54, 1.807) is 0 Å². The van der Waals surface area contributed by atoms with Crippen molar-refractivity contribution in [2.75, 3.05) is 0 Å². The molecule has 2 rings (SSSR count). The van der Waals surface area contributed by atoms with Crippen LogP contribution in [0.2, 0.25) is 5.02 Å². The SMILES string of the molecule is C#Cc1cccc(-c2ccccc2Cl)c1. The fourth-order valence-electron chi connectivity index (χ4n) is 1.47. The van der Waals surface area contributed by atoms with Crippen LogP contribution in [0.1, 0.15) is 5.56 Å². The van der Waals surface area contributed by atoms with Gasteiger partial charge in [-0.25, -0.2) is 0 Å². The summed E-state index contributed by atoms with van der Waals surface area (Å²) in [6, 6.07) is 15.5. The van der Waals surface area contributed by atoms with Gasteiger partial charge in [-0.1, -0.05) is 47.9 Å². The van der Waals surface area contributed by atoms with Gasteiger partial charge in [0.05, 0.1) is 0 Å². The van der Waals surface area contributed by atoms with Crippen molar-refractivity contribution in [1.29, 1.82) is 0 Å². The Morgan fingerprint density at radius 1 is 1.00 bits per heavy atom. The normalized spacial score (nSPS) is 9.60. The first kappa shape index (κ1) is 9.83. The number of hydrogen-bond acceptors (Lipinski definition) is 0. The molecule has 0 saturated heterocycles. The van der Waals surface area contributed by atoms with Crippen LogP contribution in [0.5, 0.6) is 0 Å². The zero-order chi connectivity index (χ0) is 10.7. The van der Waals surface area contributed by atoms with Crippen LogP contribution in [-0.4, -0.2) is 0 Å². The maximum absolute atomic E-state index is 6.10. The van der Waals surface area contributed by atoms with Crippen molar-refractivity contribution in [1.82, 2.24) is 0 Å². The van der Waals surface area contributed by atoms with Gasteiger partial charge < -0.3 is 0 Å². The molecule has 0 saturated carbocycles. The first-order valence-corrected chi connectivity index (χ1v) is 5.00. The van der Waals surface area contributed by atoms with Gasteiger partial charge in [0.2, 0.25) is 0 Å². The molecule has 0 aliphatic carbocycles. The maximum atomic E-state index is 6.10. The lowest BCUT2D eigenvalue weighted by atomic mass is 10.0. The third kappa shape index (κ3) is 2.03. The second-order valence-electron chi connectivity index (χ2n) is 3.20. The first-order chi connectivity index (χ1) is 7.31. The van der Waals surface area contributed by atoms with Crippen LogP contribution >= 0.6 is 11.6 Å². The highest BCUT2D eigenvalue weighted by molar-refractivity contribution is 6.33. The minimum absolute atomic E-state index is 0.742. The van der Waals surface area contributed by atoms with Gasteiger partial charge in [0.25, 0.3) is 0 Å². The minimum Gasteiger partial charge on any atom is -0.115 e. The highest BCUT2D eigenvalue weighted by Crippen LogP contribution is 2.27. The lowest BCUT2D eigenvalue weighted by Gasteiger charge is -2.04. The summed E-state index contributed by atoms with van der Waals surface area (Å²) in [4.78, 5) is 0. The average Bonchev–Trinajstić information content (AvgIpc) is 2.30. The zero-order valence-corrected chi connectivity index (χ0v) is 8.83. The quantitative estimate of drug-likeness (QED) is 0.627. The predicted molar refractivity (Wildman–Crippen MR) is 64.8 cm³/mol. The molecule has 0 aliphatic rings. The molecular formula is C14H9Cl. The molecule has 1 heteroatoms. The molecule has 0 aromatic heterocycles. The Hall–Kier alpha value is -1.71. The molecule has 2 aromatic carbocycles. The van der Waals surface area contributed by atoms with Gasteiger partial charge in [0.15, 0.2) is 0 Å². The Morgan fingerprint density at radius 3 is 2.53 bits per heavy atom. The van der Waals surface area contributed by atoms with Gasteiger partial charge in [-0.3, -0.25) is 0 Å². The van der Waals surface area contributed by atoms with E-state index >= 15 is 0 Å². The standard InChI is InChI=1S/C14H9Cl/c1-2-11-6-5-7-12(10-11)13-8-3-4-9-14(13)15/h1,3-10H. The molecule has 0 radical (unpaired) electrons. The van der Waals surface area contributed by atoms with Crippen LogP contribution in [0.3, 0.4) is 0 Å².